The number of methoxy groups -OCH3 is 2. The average Bonchev–Trinajstić information content (AvgIpc) is 3.17. The third-order valence-corrected chi connectivity index (χ3v) is 5.72. The van der Waals surface area contributed by atoms with E-state index in [0.717, 1.165) is 35.9 Å². The first-order chi connectivity index (χ1) is 16.0. The maximum absolute atomic E-state index is 12.8. The molecule has 0 aliphatic carbocycles. The average molecular weight is 451 g/mol. The van der Waals surface area contributed by atoms with Crippen LogP contribution >= 0.6 is 0 Å². The number of likely N-dealkylation sites (N-methyl/N-ethyl adjacent to an activating group) is 1. The van der Waals surface area contributed by atoms with Gasteiger partial charge in [-0.1, -0.05) is 31.5 Å². The number of allylic oxidation sites excluding steroid dienone is 1. The Labute approximate surface area is 196 Å². The van der Waals surface area contributed by atoms with Crippen molar-refractivity contribution in [1.29, 1.82) is 0 Å². The molecule has 0 saturated carbocycles. The highest BCUT2D eigenvalue weighted by Gasteiger charge is 2.13. The van der Waals surface area contributed by atoms with Crippen molar-refractivity contribution in [2.24, 2.45) is 0 Å². The maximum Gasteiger partial charge on any atom is 0.185 e. The molecule has 0 aliphatic rings. The molecule has 0 bridgehead atoms. The Morgan fingerprint density at radius 2 is 1.91 bits per heavy atom. The number of carbonyl (C=O) groups excluding carboxylic acids is 1. The molecule has 0 radical (unpaired) electrons. The number of hydrogen-bond donors (Lipinski definition) is 1. The van der Waals surface area contributed by atoms with Crippen LogP contribution in [0.3, 0.4) is 0 Å². The summed E-state index contributed by atoms with van der Waals surface area (Å²) in [5, 5.41) is 11.7. The monoisotopic (exact) mass is 450 g/mol. The summed E-state index contributed by atoms with van der Waals surface area (Å²) >= 11 is 0. The molecule has 3 rings (SSSR count). The molecule has 0 amide bonds. The smallest absolute Gasteiger partial charge is 0.185 e. The van der Waals surface area contributed by atoms with Gasteiger partial charge in [-0.25, -0.2) is 0 Å². The molecule has 33 heavy (non-hydrogen) atoms. The summed E-state index contributed by atoms with van der Waals surface area (Å²) < 4.78 is 12.6. The number of unbranched alkanes of at least 4 members (excludes halogenated alkanes) is 1. The van der Waals surface area contributed by atoms with Gasteiger partial charge in [0.2, 0.25) is 0 Å². The van der Waals surface area contributed by atoms with Crippen molar-refractivity contribution in [3.63, 3.8) is 0 Å². The Morgan fingerprint density at radius 1 is 1.15 bits per heavy atom. The predicted octanol–water partition coefficient (Wildman–Crippen LogP) is 4.65. The number of benzene rings is 2. The number of aromatic nitrogens is 1. The van der Waals surface area contributed by atoms with E-state index in [1.54, 1.807) is 38.5 Å². The van der Waals surface area contributed by atoms with Crippen molar-refractivity contribution in [3.05, 3.63) is 65.9 Å². The Bertz CT molecular complexity index is 1100. The van der Waals surface area contributed by atoms with Gasteiger partial charge in [-0.3, -0.25) is 4.79 Å². The fraction of sp³-hybridized carbons (Fsp3) is 0.370. The minimum Gasteiger partial charge on any atom is -0.493 e. The quantitative estimate of drug-likeness (QED) is 0.322. The van der Waals surface area contributed by atoms with E-state index in [1.165, 1.54) is 0 Å². The number of hydrogen-bond acceptors (Lipinski definition) is 5. The fourth-order valence-electron chi connectivity index (χ4n) is 3.97. The molecule has 1 heterocycles. The number of para-hydroxylation sites is 1. The van der Waals surface area contributed by atoms with Crippen molar-refractivity contribution in [3.8, 4) is 11.5 Å². The number of fused-ring (bicyclic) bond motifs is 1. The lowest BCUT2D eigenvalue weighted by atomic mass is 10.1. The SMILES string of the molecule is CCCCN(C)CC(O)Cn1cc(/C=C/C(=O)c2ccc(OC)c(OC)c2)c2ccccc21. The molecule has 1 atom stereocenters. The number of aliphatic hydroxyl groups excluding tert-OH is 1. The van der Waals surface area contributed by atoms with E-state index in [0.29, 0.717) is 30.2 Å². The highest BCUT2D eigenvalue weighted by atomic mass is 16.5. The minimum absolute atomic E-state index is 0.120. The number of carbonyl (C=O) groups is 1. The lowest BCUT2D eigenvalue weighted by Gasteiger charge is -2.21. The largest absolute Gasteiger partial charge is 0.493 e. The molecule has 6 nitrogen and oxygen atoms in total. The Hall–Kier alpha value is -3.09. The summed E-state index contributed by atoms with van der Waals surface area (Å²) in [4.78, 5) is 14.9. The second-order valence-corrected chi connectivity index (χ2v) is 8.29. The van der Waals surface area contributed by atoms with Crippen LogP contribution in [0, 0.1) is 0 Å². The molecule has 6 heteroatoms. The zero-order valence-electron chi connectivity index (χ0n) is 20.0. The molecule has 1 N–H and O–H groups in total. The van der Waals surface area contributed by atoms with E-state index >= 15 is 0 Å². The van der Waals surface area contributed by atoms with Crippen LogP contribution in [-0.2, 0) is 6.54 Å². The molecule has 1 unspecified atom stereocenters. The van der Waals surface area contributed by atoms with Crippen LogP contribution in [0.15, 0.2) is 54.7 Å². The number of ether oxygens (including phenoxy) is 2. The molecule has 0 spiro atoms. The zero-order chi connectivity index (χ0) is 23.8. The van der Waals surface area contributed by atoms with Gasteiger partial charge in [0.25, 0.3) is 0 Å². The zero-order valence-corrected chi connectivity index (χ0v) is 20.0. The van der Waals surface area contributed by atoms with Gasteiger partial charge < -0.3 is 24.0 Å². The first kappa shape index (κ1) is 24.6. The molecule has 176 valence electrons. The number of ketones is 1. The summed E-state index contributed by atoms with van der Waals surface area (Å²) in [7, 11) is 5.16. The van der Waals surface area contributed by atoms with E-state index in [4.69, 9.17) is 9.47 Å². The molecule has 0 fully saturated rings. The second kappa shape index (κ2) is 11.7. The summed E-state index contributed by atoms with van der Waals surface area (Å²) in [5.41, 5.74) is 2.50. The van der Waals surface area contributed by atoms with Crippen LogP contribution in [0.4, 0.5) is 0 Å². The number of rotatable bonds is 12. The predicted molar refractivity (Wildman–Crippen MR) is 133 cm³/mol. The first-order valence-electron chi connectivity index (χ1n) is 11.4. The van der Waals surface area contributed by atoms with Gasteiger partial charge in [-0.15, -0.1) is 0 Å². The summed E-state index contributed by atoms with van der Waals surface area (Å²) in [6, 6.07) is 13.2. The maximum atomic E-state index is 12.8. The molecule has 0 saturated heterocycles. The van der Waals surface area contributed by atoms with E-state index in [2.05, 4.69) is 16.4 Å². The van der Waals surface area contributed by atoms with E-state index in [1.807, 2.05) is 43.6 Å². The molecular formula is C27H34N2O4. The summed E-state index contributed by atoms with van der Waals surface area (Å²) in [6.07, 6.45) is 7.19. The molecule has 1 aromatic heterocycles. The topological polar surface area (TPSA) is 63.9 Å². The third kappa shape index (κ3) is 6.24. The highest BCUT2D eigenvalue weighted by molar-refractivity contribution is 6.08. The van der Waals surface area contributed by atoms with Gasteiger partial charge >= 0.3 is 0 Å². The van der Waals surface area contributed by atoms with Crippen molar-refractivity contribution in [2.45, 2.75) is 32.4 Å². The lowest BCUT2D eigenvalue weighted by Crippen LogP contribution is -2.32. The van der Waals surface area contributed by atoms with Crippen LogP contribution in [0.1, 0.15) is 35.7 Å². The van der Waals surface area contributed by atoms with Gasteiger partial charge in [-0.05, 0) is 56.4 Å². The molecule has 3 aromatic rings. The van der Waals surface area contributed by atoms with Crippen LogP contribution in [0.25, 0.3) is 17.0 Å². The lowest BCUT2D eigenvalue weighted by molar-refractivity contribution is 0.104. The number of nitrogens with zero attached hydrogens (tertiary/aromatic N) is 2. The van der Waals surface area contributed by atoms with Gasteiger partial charge in [0.05, 0.1) is 20.3 Å². The van der Waals surface area contributed by atoms with Crippen molar-refractivity contribution < 1.29 is 19.4 Å². The van der Waals surface area contributed by atoms with E-state index in [9.17, 15) is 9.90 Å². The first-order valence-corrected chi connectivity index (χ1v) is 11.4. The van der Waals surface area contributed by atoms with Crippen LogP contribution in [0.2, 0.25) is 0 Å². The fourth-order valence-corrected chi connectivity index (χ4v) is 3.97. The second-order valence-electron chi connectivity index (χ2n) is 8.29. The molecular weight excluding hydrogens is 416 g/mol. The van der Waals surface area contributed by atoms with Gasteiger partial charge in [0, 0.05) is 41.3 Å². The van der Waals surface area contributed by atoms with Crippen LogP contribution < -0.4 is 9.47 Å². The van der Waals surface area contributed by atoms with Gasteiger partial charge in [-0.2, -0.15) is 0 Å². The van der Waals surface area contributed by atoms with Crippen molar-refractivity contribution >= 4 is 22.8 Å². The Kier molecular flexibility index (Phi) is 8.69. The van der Waals surface area contributed by atoms with Crippen molar-refractivity contribution in [1.82, 2.24) is 9.47 Å². The van der Waals surface area contributed by atoms with Crippen LogP contribution in [-0.4, -0.2) is 60.8 Å². The Morgan fingerprint density at radius 3 is 2.64 bits per heavy atom. The van der Waals surface area contributed by atoms with Gasteiger partial charge in [0.15, 0.2) is 17.3 Å². The van der Waals surface area contributed by atoms with Crippen molar-refractivity contribution in [2.75, 3.05) is 34.4 Å². The normalized spacial score (nSPS) is 12.5. The van der Waals surface area contributed by atoms with E-state index < -0.39 is 6.10 Å². The Balaban J connectivity index is 1.79. The standard InChI is InChI=1S/C27H34N2O4/c1-5-6-15-28(2)18-22(30)19-29-17-21(23-9-7-8-10-24(23)29)11-13-25(31)20-12-14-26(32-3)27(16-20)33-4/h7-14,16-17,22,30H,5-6,15,18-19H2,1-4H3/b13-11+. The van der Waals surface area contributed by atoms with Crippen LogP contribution in [0.5, 0.6) is 11.5 Å². The van der Waals surface area contributed by atoms with E-state index in [-0.39, 0.29) is 5.78 Å². The summed E-state index contributed by atoms with van der Waals surface area (Å²) in [6.45, 7) is 4.26. The number of aliphatic hydroxyl groups is 1. The molecule has 2 aromatic carbocycles. The summed E-state index contributed by atoms with van der Waals surface area (Å²) in [5.74, 6) is 0.983. The van der Waals surface area contributed by atoms with Gasteiger partial charge in [0.1, 0.15) is 0 Å². The highest BCUT2D eigenvalue weighted by Crippen LogP contribution is 2.28. The molecule has 0 aliphatic heterocycles. The minimum atomic E-state index is -0.479. The third-order valence-electron chi connectivity index (χ3n) is 5.72.